The maximum atomic E-state index is 2.48. The van der Waals surface area contributed by atoms with E-state index in [1.54, 1.807) is 0 Å². The minimum atomic E-state index is 0.276. The van der Waals surface area contributed by atoms with Gasteiger partial charge >= 0.3 is 0 Å². The second-order valence-corrected chi connectivity index (χ2v) is 11.9. The number of benzene rings is 4. The third-order valence-electron chi connectivity index (χ3n) is 9.20. The first-order valence-corrected chi connectivity index (χ1v) is 15.9. The summed E-state index contributed by atoms with van der Waals surface area (Å²) in [6, 6.07) is 36.3. The van der Waals surface area contributed by atoms with Crippen LogP contribution in [0.4, 0.5) is 11.4 Å². The topological polar surface area (TPSA) is 8.17 Å². The summed E-state index contributed by atoms with van der Waals surface area (Å²) in [7, 11) is 0. The van der Waals surface area contributed by atoms with Crippen molar-refractivity contribution < 1.29 is 0 Å². The maximum Gasteiger partial charge on any atom is 0.0559 e. The van der Waals surface area contributed by atoms with E-state index >= 15 is 0 Å². The van der Waals surface area contributed by atoms with Gasteiger partial charge in [0, 0.05) is 33.7 Å². The molecule has 4 aromatic carbocycles. The third-order valence-corrected chi connectivity index (χ3v) is 9.20. The molecule has 0 fully saturated rings. The number of hydrogen-bond acceptors (Lipinski definition) is 1. The molecule has 214 valence electrons. The molecule has 0 saturated carbocycles. The van der Waals surface area contributed by atoms with Crippen LogP contribution in [0.1, 0.15) is 42.5 Å². The predicted octanol–water partition coefficient (Wildman–Crippen LogP) is 11.0. The van der Waals surface area contributed by atoms with Crippen molar-refractivity contribution in [3.63, 3.8) is 0 Å². The van der Waals surface area contributed by atoms with E-state index in [1.807, 2.05) is 0 Å². The second-order valence-electron chi connectivity index (χ2n) is 11.9. The Morgan fingerprint density at radius 1 is 0.636 bits per heavy atom. The summed E-state index contributed by atoms with van der Waals surface area (Å²) in [5.41, 5.74) is 12.8. The number of rotatable bonds is 6. The van der Waals surface area contributed by atoms with Gasteiger partial charge in [-0.1, -0.05) is 103 Å². The van der Waals surface area contributed by atoms with E-state index in [-0.39, 0.29) is 6.04 Å². The van der Waals surface area contributed by atoms with Crippen LogP contribution in [-0.2, 0) is 6.42 Å². The van der Waals surface area contributed by atoms with E-state index in [0.29, 0.717) is 0 Å². The molecule has 0 N–H and O–H groups in total. The van der Waals surface area contributed by atoms with Crippen molar-refractivity contribution in [1.29, 1.82) is 0 Å². The first-order chi connectivity index (χ1) is 21.8. The van der Waals surface area contributed by atoms with Crippen LogP contribution < -0.4 is 4.90 Å². The summed E-state index contributed by atoms with van der Waals surface area (Å²) < 4.78 is 2.46. The lowest BCUT2D eigenvalue weighted by Gasteiger charge is -2.33. The van der Waals surface area contributed by atoms with Gasteiger partial charge in [0.05, 0.1) is 11.6 Å². The normalized spacial score (nSPS) is 17.1. The van der Waals surface area contributed by atoms with Crippen molar-refractivity contribution in [3.05, 3.63) is 162 Å². The van der Waals surface area contributed by atoms with Crippen LogP contribution in [0.15, 0.2) is 146 Å². The first kappa shape index (κ1) is 26.5. The van der Waals surface area contributed by atoms with Crippen molar-refractivity contribution in [2.24, 2.45) is 0 Å². The molecular weight excluding hydrogens is 532 g/mol. The molecule has 3 aliphatic rings. The van der Waals surface area contributed by atoms with Crippen molar-refractivity contribution in [3.8, 4) is 16.8 Å². The van der Waals surface area contributed by atoms with Gasteiger partial charge in [0.1, 0.15) is 0 Å². The third kappa shape index (κ3) is 4.87. The van der Waals surface area contributed by atoms with Crippen LogP contribution in [0.2, 0.25) is 0 Å². The van der Waals surface area contributed by atoms with Crippen LogP contribution in [0.5, 0.6) is 0 Å². The highest BCUT2D eigenvalue weighted by atomic mass is 15.2. The lowest BCUT2D eigenvalue weighted by atomic mass is 9.98. The van der Waals surface area contributed by atoms with Gasteiger partial charge in [-0.05, 0) is 103 Å². The summed E-state index contributed by atoms with van der Waals surface area (Å²) in [4.78, 5) is 2.48. The largest absolute Gasteiger partial charge is 0.334 e. The molecule has 1 unspecified atom stereocenters. The van der Waals surface area contributed by atoms with Gasteiger partial charge in [0.15, 0.2) is 0 Å². The van der Waals surface area contributed by atoms with E-state index in [0.717, 1.165) is 32.1 Å². The first-order valence-electron chi connectivity index (χ1n) is 15.9. The molecule has 44 heavy (non-hydrogen) atoms. The van der Waals surface area contributed by atoms with E-state index in [9.17, 15) is 0 Å². The number of para-hydroxylation sites is 1. The Morgan fingerprint density at radius 3 is 2.11 bits per heavy atom. The van der Waals surface area contributed by atoms with E-state index in [2.05, 4.69) is 161 Å². The van der Waals surface area contributed by atoms with Crippen LogP contribution in [0.25, 0.3) is 39.4 Å². The molecule has 0 bridgehead atoms. The SMILES string of the molecule is C1=CCC(N(c2ccc(C3=CCCC=C3)cc2)c2ccc(-c3ccc4c(c3)c3c(n4-c4ccccc4)CCC=C3)cc2)C=C1. The summed E-state index contributed by atoms with van der Waals surface area (Å²) in [6.07, 6.45) is 25.8. The molecule has 2 nitrogen and oxygen atoms in total. The monoisotopic (exact) mass is 568 g/mol. The molecule has 3 aliphatic carbocycles. The quantitative estimate of drug-likeness (QED) is 0.198. The van der Waals surface area contributed by atoms with Crippen LogP contribution in [0, 0.1) is 0 Å². The van der Waals surface area contributed by atoms with Crippen molar-refractivity contribution in [2.75, 3.05) is 4.90 Å². The van der Waals surface area contributed by atoms with Crippen LogP contribution in [0.3, 0.4) is 0 Å². The lowest BCUT2D eigenvalue weighted by Crippen LogP contribution is -2.29. The molecule has 1 heterocycles. The number of nitrogens with zero attached hydrogens (tertiary/aromatic N) is 2. The molecule has 5 aromatic rings. The van der Waals surface area contributed by atoms with E-state index < -0.39 is 0 Å². The van der Waals surface area contributed by atoms with Crippen LogP contribution >= 0.6 is 0 Å². The number of aromatic nitrogens is 1. The Bertz CT molecular complexity index is 1960. The Labute approximate surface area is 260 Å². The van der Waals surface area contributed by atoms with Gasteiger partial charge in [-0.15, -0.1) is 0 Å². The standard InChI is InChI=1S/C42H36N2/c1-4-12-31(13-5-1)32-20-25-37(26-21-32)43(35-14-6-2-7-15-35)38-27-22-33(23-28-38)34-24-29-42-40(30-34)39-18-10-11-19-41(39)44(42)36-16-8-3-9-17-36/h2-4,6-10,12-14,16-18,20-30,35H,1,5,11,15,19H2. The van der Waals surface area contributed by atoms with E-state index in [1.165, 1.54) is 61.5 Å². The molecular formula is C42H36N2. The molecule has 0 amide bonds. The maximum absolute atomic E-state index is 2.48. The number of anilines is 2. The highest BCUT2D eigenvalue weighted by Gasteiger charge is 2.21. The minimum absolute atomic E-state index is 0.276. The van der Waals surface area contributed by atoms with Gasteiger partial charge in [-0.3, -0.25) is 0 Å². The fraction of sp³-hybridized carbons (Fsp3) is 0.143. The van der Waals surface area contributed by atoms with Crippen molar-refractivity contribution >= 4 is 33.9 Å². The van der Waals surface area contributed by atoms with Crippen molar-refractivity contribution in [1.82, 2.24) is 4.57 Å². The summed E-state index contributed by atoms with van der Waals surface area (Å²) >= 11 is 0. The molecule has 0 aliphatic heterocycles. The Morgan fingerprint density at radius 2 is 1.39 bits per heavy atom. The van der Waals surface area contributed by atoms with Crippen LogP contribution in [-0.4, -0.2) is 10.6 Å². The van der Waals surface area contributed by atoms with Crippen molar-refractivity contribution in [2.45, 2.75) is 38.1 Å². The molecule has 2 heteroatoms. The molecule has 0 radical (unpaired) electrons. The van der Waals surface area contributed by atoms with Gasteiger partial charge < -0.3 is 9.47 Å². The molecule has 0 spiro atoms. The van der Waals surface area contributed by atoms with Gasteiger partial charge in [-0.25, -0.2) is 0 Å². The number of allylic oxidation sites excluding steroid dienone is 7. The zero-order valence-corrected chi connectivity index (χ0v) is 24.9. The highest BCUT2D eigenvalue weighted by Crippen LogP contribution is 2.38. The summed E-state index contributed by atoms with van der Waals surface area (Å²) in [6.45, 7) is 0. The lowest BCUT2D eigenvalue weighted by molar-refractivity contribution is 0.785. The average Bonchev–Trinajstić information content (AvgIpc) is 3.44. The molecule has 8 rings (SSSR count). The fourth-order valence-electron chi connectivity index (χ4n) is 7.02. The second kappa shape index (κ2) is 11.5. The smallest absolute Gasteiger partial charge is 0.0559 e. The zero-order chi connectivity index (χ0) is 29.3. The van der Waals surface area contributed by atoms with Gasteiger partial charge in [0.2, 0.25) is 0 Å². The highest BCUT2D eigenvalue weighted by molar-refractivity contribution is 5.96. The number of fused-ring (bicyclic) bond motifs is 3. The Hall–Kier alpha value is -5.08. The molecule has 1 atom stereocenters. The van der Waals surface area contributed by atoms with Gasteiger partial charge in [-0.2, -0.15) is 0 Å². The zero-order valence-electron chi connectivity index (χ0n) is 24.9. The molecule has 1 aromatic heterocycles. The van der Waals surface area contributed by atoms with Gasteiger partial charge in [0.25, 0.3) is 0 Å². The van der Waals surface area contributed by atoms with E-state index in [4.69, 9.17) is 0 Å². The Kier molecular flexibility index (Phi) is 6.96. The number of hydrogen-bond donors (Lipinski definition) is 0. The Balaban J connectivity index is 1.15. The average molecular weight is 569 g/mol. The molecule has 0 saturated heterocycles. The summed E-state index contributed by atoms with van der Waals surface area (Å²) in [5, 5.41) is 1.32. The summed E-state index contributed by atoms with van der Waals surface area (Å²) in [5.74, 6) is 0. The predicted molar refractivity (Wildman–Crippen MR) is 188 cm³/mol. The minimum Gasteiger partial charge on any atom is -0.334 e. The fourth-order valence-corrected chi connectivity index (χ4v) is 7.02.